The van der Waals surface area contributed by atoms with Crippen LogP contribution in [0.25, 0.3) is 0 Å². The van der Waals surface area contributed by atoms with Gasteiger partial charge in [-0.1, -0.05) is 12.1 Å². The summed E-state index contributed by atoms with van der Waals surface area (Å²) in [6, 6.07) is 6.29. The molecule has 2 heterocycles. The fourth-order valence-corrected chi connectivity index (χ4v) is 3.38. The van der Waals surface area contributed by atoms with Crippen LogP contribution in [-0.2, 0) is 14.3 Å². The smallest absolute Gasteiger partial charge is 0.228 e. The molecule has 0 saturated carbocycles. The minimum Gasteiger partial charge on any atom is -0.370 e. The molecule has 130 valence electrons. The number of carbonyl (C=O) groups is 2. The molecular weight excluding hydrogens is 311 g/mol. The van der Waals surface area contributed by atoms with Gasteiger partial charge in [0.05, 0.1) is 19.1 Å². The molecule has 1 aromatic carbocycles. The van der Waals surface area contributed by atoms with E-state index in [0.29, 0.717) is 26.2 Å². The Kier molecular flexibility index (Phi) is 4.85. The van der Waals surface area contributed by atoms with Crippen molar-refractivity contribution in [3.8, 4) is 0 Å². The normalized spacial score (nSPS) is 24.8. The van der Waals surface area contributed by atoms with Crippen molar-refractivity contribution < 1.29 is 18.7 Å². The maximum atomic E-state index is 13.1. The standard InChI is InChI=1S/C18H23FN2O3/c1-12(2)21-10-14(9-17(21)22)18(23)20-7-8-24-16(11-20)13-3-5-15(19)6-4-13/h3-6,12,14,16H,7-11H2,1-2H3/t14-,16-/m1/s1. The lowest BCUT2D eigenvalue weighted by Crippen LogP contribution is -2.45. The number of ether oxygens (including phenoxy) is 1. The first-order valence-electron chi connectivity index (χ1n) is 8.41. The molecule has 2 atom stereocenters. The van der Waals surface area contributed by atoms with Crippen molar-refractivity contribution in [2.45, 2.75) is 32.4 Å². The summed E-state index contributed by atoms with van der Waals surface area (Å²) in [6.45, 7) is 5.84. The zero-order valence-electron chi connectivity index (χ0n) is 14.1. The first kappa shape index (κ1) is 16.9. The molecule has 0 bridgehead atoms. The lowest BCUT2D eigenvalue weighted by Gasteiger charge is -2.34. The molecule has 2 amide bonds. The summed E-state index contributed by atoms with van der Waals surface area (Å²) >= 11 is 0. The van der Waals surface area contributed by atoms with Gasteiger partial charge in [-0.2, -0.15) is 0 Å². The van der Waals surface area contributed by atoms with Crippen LogP contribution in [0, 0.1) is 11.7 Å². The predicted molar refractivity (Wildman–Crippen MR) is 86.6 cm³/mol. The van der Waals surface area contributed by atoms with E-state index in [9.17, 15) is 14.0 Å². The highest BCUT2D eigenvalue weighted by Gasteiger charge is 2.38. The number of hydrogen-bond acceptors (Lipinski definition) is 3. The number of amides is 2. The average molecular weight is 334 g/mol. The number of hydrogen-bond donors (Lipinski definition) is 0. The van der Waals surface area contributed by atoms with Crippen molar-refractivity contribution in [3.63, 3.8) is 0 Å². The van der Waals surface area contributed by atoms with E-state index >= 15 is 0 Å². The number of halogens is 1. The number of morpholine rings is 1. The molecule has 0 spiro atoms. The number of nitrogens with zero attached hydrogens (tertiary/aromatic N) is 2. The Morgan fingerprint density at radius 2 is 1.96 bits per heavy atom. The zero-order chi connectivity index (χ0) is 17.3. The average Bonchev–Trinajstić information content (AvgIpc) is 2.97. The molecule has 2 saturated heterocycles. The summed E-state index contributed by atoms with van der Waals surface area (Å²) in [5, 5.41) is 0. The molecule has 0 N–H and O–H groups in total. The number of likely N-dealkylation sites (tertiary alicyclic amines) is 1. The zero-order valence-corrected chi connectivity index (χ0v) is 14.1. The van der Waals surface area contributed by atoms with Gasteiger partial charge in [-0.05, 0) is 31.5 Å². The lowest BCUT2D eigenvalue weighted by atomic mass is 10.0. The van der Waals surface area contributed by atoms with Crippen molar-refractivity contribution >= 4 is 11.8 Å². The molecule has 1 aromatic rings. The first-order chi connectivity index (χ1) is 11.5. The van der Waals surface area contributed by atoms with Gasteiger partial charge in [0.25, 0.3) is 0 Å². The molecule has 2 fully saturated rings. The highest BCUT2D eigenvalue weighted by atomic mass is 19.1. The Bertz CT molecular complexity index is 617. The van der Waals surface area contributed by atoms with Crippen LogP contribution in [0.15, 0.2) is 24.3 Å². The monoisotopic (exact) mass is 334 g/mol. The van der Waals surface area contributed by atoms with Crippen LogP contribution >= 0.6 is 0 Å². The number of benzene rings is 1. The molecule has 0 aromatic heterocycles. The van der Waals surface area contributed by atoms with Gasteiger partial charge in [0.1, 0.15) is 11.9 Å². The van der Waals surface area contributed by atoms with E-state index in [1.807, 2.05) is 13.8 Å². The van der Waals surface area contributed by atoms with Crippen LogP contribution in [-0.4, -0.2) is 53.9 Å². The van der Waals surface area contributed by atoms with E-state index in [2.05, 4.69) is 0 Å². The van der Waals surface area contributed by atoms with Gasteiger partial charge in [-0.3, -0.25) is 9.59 Å². The molecule has 0 unspecified atom stereocenters. The van der Waals surface area contributed by atoms with Crippen LogP contribution in [0.3, 0.4) is 0 Å². The third-order valence-electron chi connectivity index (χ3n) is 4.75. The van der Waals surface area contributed by atoms with Crippen LogP contribution < -0.4 is 0 Å². The fraction of sp³-hybridized carbons (Fsp3) is 0.556. The van der Waals surface area contributed by atoms with Crippen LogP contribution in [0.1, 0.15) is 31.9 Å². The lowest BCUT2D eigenvalue weighted by molar-refractivity contribution is -0.143. The molecular formula is C18H23FN2O3. The van der Waals surface area contributed by atoms with Gasteiger partial charge < -0.3 is 14.5 Å². The van der Waals surface area contributed by atoms with Gasteiger partial charge in [0, 0.05) is 25.6 Å². The predicted octanol–water partition coefficient (Wildman–Crippen LogP) is 1.98. The molecule has 0 aliphatic carbocycles. The van der Waals surface area contributed by atoms with Gasteiger partial charge >= 0.3 is 0 Å². The van der Waals surface area contributed by atoms with E-state index in [1.54, 1.807) is 21.9 Å². The van der Waals surface area contributed by atoms with Gasteiger partial charge in [-0.25, -0.2) is 4.39 Å². The molecule has 6 heteroatoms. The Labute approximate surface area is 141 Å². The Balaban J connectivity index is 1.65. The maximum Gasteiger partial charge on any atom is 0.228 e. The maximum absolute atomic E-state index is 13.1. The summed E-state index contributed by atoms with van der Waals surface area (Å²) in [7, 11) is 0. The molecule has 5 nitrogen and oxygen atoms in total. The Morgan fingerprint density at radius 3 is 2.58 bits per heavy atom. The van der Waals surface area contributed by atoms with Crippen molar-refractivity contribution in [2.75, 3.05) is 26.2 Å². The highest BCUT2D eigenvalue weighted by Crippen LogP contribution is 2.27. The van der Waals surface area contributed by atoms with E-state index < -0.39 is 0 Å². The van der Waals surface area contributed by atoms with Crippen molar-refractivity contribution in [3.05, 3.63) is 35.6 Å². The van der Waals surface area contributed by atoms with E-state index in [4.69, 9.17) is 4.74 Å². The Hall–Kier alpha value is -1.95. The molecule has 0 radical (unpaired) electrons. The second-order valence-corrected chi connectivity index (χ2v) is 6.74. The van der Waals surface area contributed by atoms with Crippen molar-refractivity contribution in [2.24, 2.45) is 5.92 Å². The summed E-state index contributed by atoms with van der Waals surface area (Å²) in [5.41, 5.74) is 0.861. The fourth-order valence-electron chi connectivity index (χ4n) is 3.38. The summed E-state index contributed by atoms with van der Waals surface area (Å²) in [6.07, 6.45) is 0.0388. The van der Waals surface area contributed by atoms with Crippen LogP contribution in [0.2, 0.25) is 0 Å². The van der Waals surface area contributed by atoms with E-state index in [-0.39, 0.29) is 42.1 Å². The quantitative estimate of drug-likeness (QED) is 0.849. The minimum absolute atomic E-state index is 0.0157. The van der Waals surface area contributed by atoms with Crippen LogP contribution in [0.5, 0.6) is 0 Å². The topological polar surface area (TPSA) is 49.9 Å². The molecule has 24 heavy (non-hydrogen) atoms. The summed E-state index contributed by atoms with van der Waals surface area (Å²) < 4.78 is 18.8. The number of carbonyl (C=O) groups excluding carboxylic acids is 2. The third-order valence-corrected chi connectivity index (χ3v) is 4.75. The number of rotatable bonds is 3. The van der Waals surface area contributed by atoms with Gasteiger partial charge in [-0.15, -0.1) is 0 Å². The largest absolute Gasteiger partial charge is 0.370 e. The van der Waals surface area contributed by atoms with E-state index in [1.165, 1.54) is 12.1 Å². The second kappa shape index (κ2) is 6.89. The third kappa shape index (κ3) is 3.43. The molecule has 3 rings (SSSR count). The second-order valence-electron chi connectivity index (χ2n) is 6.74. The molecule has 2 aliphatic rings. The van der Waals surface area contributed by atoms with Crippen LogP contribution in [0.4, 0.5) is 4.39 Å². The Morgan fingerprint density at radius 1 is 1.25 bits per heavy atom. The summed E-state index contributed by atoms with van der Waals surface area (Å²) in [4.78, 5) is 28.3. The van der Waals surface area contributed by atoms with Gasteiger partial charge in [0.2, 0.25) is 11.8 Å². The van der Waals surface area contributed by atoms with Crippen molar-refractivity contribution in [1.29, 1.82) is 0 Å². The SMILES string of the molecule is CC(C)N1C[C@H](C(=O)N2CCO[C@@H](c3ccc(F)cc3)C2)CC1=O. The van der Waals surface area contributed by atoms with E-state index in [0.717, 1.165) is 5.56 Å². The summed E-state index contributed by atoms with van der Waals surface area (Å²) in [5.74, 6) is -0.499. The van der Waals surface area contributed by atoms with Gasteiger partial charge in [0.15, 0.2) is 0 Å². The highest BCUT2D eigenvalue weighted by molar-refractivity contribution is 5.89. The first-order valence-corrected chi connectivity index (χ1v) is 8.41. The minimum atomic E-state index is -0.291. The molecule has 2 aliphatic heterocycles. The van der Waals surface area contributed by atoms with Crippen molar-refractivity contribution in [1.82, 2.24) is 9.80 Å².